The molecule has 0 heterocycles. The predicted octanol–water partition coefficient (Wildman–Crippen LogP) is 4.87. The summed E-state index contributed by atoms with van der Waals surface area (Å²) in [4.78, 5) is 12.4. The number of nitrogens with one attached hydrogen (secondary N) is 1. The number of carbonyl (C=O) groups is 1. The molecule has 32 heavy (non-hydrogen) atoms. The molecule has 0 aliphatic heterocycles. The summed E-state index contributed by atoms with van der Waals surface area (Å²) in [6.45, 7) is 1.66. The van der Waals surface area contributed by atoms with Gasteiger partial charge in [-0.25, -0.2) is 0 Å². The second-order valence-corrected chi connectivity index (χ2v) is 7.10. The van der Waals surface area contributed by atoms with Crippen LogP contribution in [-0.4, -0.2) is 33.3 Å². The van der Waals surface area contributed by atoms with Crippen molar-refractivity contribution < 1.29 is 23.7 Å². The van der Waals surface area contributed by atoms with Crippen LogP contribution in [0.3, 0.4) is 0 Å². The van der Waals surface area contributed by atoms with Crippen LogP contribution in [0.2, 0.25) is 0 Å². The molecule has 168 valence electrons. The quantitative estimate of drug-likeness (QED) is 0.411. The molecule has 3 aromatic carbocycles. The number of benzene rings is 3. The van der Waals surface area contributed by atoms with Gasteiger partial charge in [-0.05, 0) is 54.8 Å². The molecule has 6 heteroatoms. The van der Waals surface area contributed by atoms with Crippen molar-refractivity contribution in [3.63, 3.8) is 0 Å². The highest BCUT2D eigenvalue weighted by atomic mass is 16.5. The van der Waals surface area contributed by atoms with Crippen LogP contribution in [-0.2, 0) is 6.61 Å². The van der Waals surface area contributed by atoms with E-state index in [9.17, 15) is 4.79 Å². The number of carbonyl (C=O) groups excluding carboxylic acids is 1. The second-order valence-electron chi connectivity index (χ2n) is 7.10. The van der Waals surface area contributed by atoms with Crippen molar-refractivity contribution in [2.24, 2.45) is 0 Å². The van der Waals surface area contributed by atoms with Gasteiger partial charge >= 0.3 is 0 Å². The van der Waals surface area contributed by atoms with E-state index >= 15 is 0 Å². The Morgan fingerprint density at radius 2 is 1.50 bits per heavy atom. The molecule has 0 bridgehead atoms. The van der Waals surface area contributed by atoms with Crippen molar-refractivity contribution in [1.29, 1.82) is 0 Å². The molecule has 0 unspecified atom stereocenters. The minimum Gasteiger partial charge on any atom is -0.494 e. The molecule has 0 saturated carbocycles. The van der Waals surface area contributed by atoms with E-state index in [-0.39, 0.29) is 5.91 Å². The van der Waals surface area contributed by atoms with E-state index in [0.717, 1.165) is 29.9 Å². The molecule has 1 amide bonds. The highest BCUT2D eigenvalue weighted by Gasteiger charge is 2.15. The number of para-hydroxylation sites is 1. The average molecular weight is 436 g/mol. The van der Waals surface area contributed by atoms with Gasteiger partial charge in [0.1, 0.15) is 18.1 Å². The van der Waals surface area contributed by atoms with Crippen molar-refractivity contribution in [3.05, 3.63) is 83.9 Å². The van der Waals surface area contributed by atoms with E-state index in [1.165, 1.54) is 7.11 Å². The van der Waals surface area contributed by atoms with Crippen molar-refractivity contribution >= 4 is 5.91 Å². The van der Waals surface area contributed by atoms with Crippen LogP contribution in [0.4, 0.5) is 0 Å². The van der Waals surface area contributed by atoms with E-state index in [0.29, 0.717) is 36.8 Å². The maximum Gasteiger partial charge on any atom is 0.255 e. The van der Waals surface area contributed by atoms with Crippen LogP contribution in [0.15, 0.2) is 72.8 Å². The number of unbranched alkanes of at least 4 members (excludes halogenated alkanes) is 1. The number of methoxy groups -OCH3 is 2. The molecule has 3 rings (SSSR count). The summed E-state index contributed by atoms with van der Waals surface area (Å²) in [5, 5.41) is 2.91. The Hall–Kier alpha value is -3.67. The van der Waals surface area contributed by atoms with Crippen molar-refractivity contribution in [1.82, 2.24) is 5.32 Å². The van der Waals surface area contributed by atoms with Gasteiger partial charge in [0.25, 0.3) is 5.91 Å². The largest absolute Gasteiger partial charge is 0.494 e. The van der Waals surface area contributed by atoms with Crippen LogP contribution in [0.1, 0.15) is 28.8 Å². The second kappa shape index (κ2) is 12.2. The maximum absolute atomic E-state index is 12.4. The van der Waals surface area contributed by atoms with Gasteiger partial charge in [0.15, 0.2) is 11.5 Å². The van der Waals surface area contributed by atoms with Gasteiger partial charge < -0.3 is 24.3 Å². The van der Waals surface area contributed by atoms with E-state index in [1.807, 2.05) is 54.6 Å². The topological polar surface area (TPSA) is 66.0 Å². The third kappa shape index (κ3) is 6.67. The standard InChI is InChI=1S/C26H29NO5/c1-29-24-12-8-11-23(25(24)30-2)26(28)27-17-6-7-18-31-21-13-15-22(16-14-21)32-19-20-9-4-3-5-10-20/h3-5,8-16H,6-7,17-19H2,1-2H3,(H,27,28). The van der Waals surface area contributed by atoms with Gasteiger partial charge in [-0.2, -0.15) is 0 Å². The molecular weight excluding hydrogens is 406 g/mol. The van der Waals surface area contributed by atoms with Crippen molar-refractivity contribution in [3.8, 4) is 23.0 Å². The summed E-state index contributed by atoms with van der Waals surface area (Å²) >= 11 is 0. The molecule has 0 atom stereocenters. The highest BCUT2D eigenvalue weighted by molar-refractivity contribution is 5.97. The fraction of sp³-hybridized carbons (Fsp3) is 0.269. The fourth-order valence-corrected chi connectivity index (χ4v) is 3.15. The van der Waals surface area contributed by atoms with Gasteiger partial charge in [-0.1, -0.05) is 36.4 Å². The summed E-state index contributed by atoms with van der Waals surface area (Å²) < 4.78 is 22.1. The molecule has 0 spiro atoms. The first-order valence-corrected chi connectivity index (χ1v) is 10.6. The van der Waals surface area contributed by atoms with Gasteiger partial charge in [-0.3, -0.25) is 4.79 Å². The molecule has 0 saturated heterocycles. The monoisotopic (exact) mass is 435 g/mol. The predicted molar refractivity (Wildman–Crippen MR) is 124 cm³/mol. The lowest BCUT2D eigenvalue weighted by Gasteiger charge is -2.12. The van der Waals surface area contributed by atoms with Gasteiger partial charge in [0, 0.05) is 6.54 Å². The summed E-state index contributed by atoms with van der Waals surface area (Å²) in [7, 11) is 3.07. The molecule has 1 N–H and O–H groups in total. The molecule has 0 fully saturated rings. The Morgan fingerprint density at radius 1 is 0.781 bits per heavy atom. The third-order valence-electron chi connectivity index (χ3n) is 4.85. The van der Waals surface area contributed by atoms with Crippen LogP contribution in [0.25, 0.3) is 0 Å². The van der Waals surface area contributed by atoms with Gasteiger partial charge in [0.2, 0.25) is 0 Å². The number of ether oxygens (including phenoxy) is 4. The summed E-state index contributed by atoms with van der Waals surface area (Å²) in [6.07, 6.45) is 1.62. The fourth-order valence-electron chi connectivity index (χ4n) is 3.15. The zero-order valence-electron chi connectivity index (χ0n) is 18.5. The Balaban J connectivity index is 1.34. The molecule has 0 aliphatic carbocycles. The number of amides is 1. The molecule has 6 nitrogen and oxygen atoms in total. The summed E-state index contributed by atoms with van der Waals surface area (Å²) in [5.41, 5.74) is 1.59. The highest BCUT2D eigenvalue weighted by Crippen LogP contribution is 2.30. The molecule has 0 radical (unpaired) electrons. The first-order chi connectivity index (χ1) is 15.7. The first-order valence-electron chi connectivity index (χ1n) is 10.6. The van der Waals surface area contributed by atoms with Crippen LogP contribution in [0, 0.1) is 0 Å². The van der Waals surface area contributed by atoms with E-state index in [1.54, 1.807) is 25.3 Å². The number of hydrogen-bond acceptors (Lipinski definition) is 5. The number of hydrogen-bond donors (Lipinski definition) is 1. The lowest BCUT2D eigenvalue weighted by molar-refractivity contribution is 0.0948. The van der Waals surface area contributed by atoms with Crippen LogP contribution >= 0.6 is 0 Å². The number of rotatable bonds is 12. The Morgan fingerprint density at radius 3 is 2.19 bits per heavy atom. The summed E-state index contributed by atoms with van der Waals surface area (Å²) in [5.74, 6) is 2.38. The SMILES string of the molecule is COc1cccc(C(=O)NCCCCOc2ccc(OCc3ccccc3)cc2)c1OC. The van der Waals surface area contributed by atoms with Crippen molar-refractivity contribution in [2.75, 3.05) is 27.4 Å². The van der Waals surface area contributed by atoms with E-state index < -0.39 is 0 Å². The molecule has 0 aromatic heterocycles. The molecular formula is C26H29NO5. The minimum absolute atomic E-state index is 0.187. The average Bonchev–Trinajstić information content (AvgIpc) is 2.85. The first kappa shape index (κ1) is 23.0. The van der Waals surface area contributed by atoms with E-state index in [4.69, 9.17) is 18.9 Å². The van der Waals surface area contributed by atoms with Crippen LogP contribution in [0.5, 0.6) is 23.0 Å². The normalized spacial score (nSPS) is 10.3. The zero-order chi connectivity index (χ0) is 22.6. The molecule has 3 aromatic rings. The minimum atomic E-state index is -0.187. The van der Waals surface area contributed by atoms with E-state index in [2.05, 4.69) is 5.32 Å². The molecule has 0 aliphatic rings. The smallest absolute Gasteiger partial charge is 0.255 e. The summed E-state index contributed by atoms with van der Waals surface area (Å²) in [6, 6.07) is 22.9. The Labute approximate surface area is 189 Å². The third-order valence-corrected chi connectivity index (χ3v) is 4.85. The van der Waals surface area contributed by atoms with Crippen LogP contribution < -0.4 is 24.3 Å². The lowest BCUT2D eigenvalue weighted by atomic mass is 10.1. The van der Waals surface area contributed by atoms with Gasteiger partial charge in [-0.15, -0.1) is 0 Å². The zero-order valence-corrected chi connectivity index (χ0v) is 18.5. The Bertz CT molecular complexity index is 973. The van der Waals surface area contributed by atoms with Gasteiger partial charge in [0.05, 0.1) is 26.4 Å². The lowest BCUT2D eigenvalue weighted by Crippen LogP contribution is -2.25. The Kier molecular flexibility index (Phi) is 8.80. The van der Waals surface area contributed by atoms with Crippen molar-refractivity contribution in [2.45, 2.75) is 19.4 Å². The maximum atomic E-state index is 12.4.